The van der Waals surface area contributed by atoms with Crippen LogP contribution in [0, 0.1) is 0 Å². The van der Waals surface area contributed by atoms with E-state index in [1.54, 1.807) is 24.3 Å². The Kier molecular flexibility index (Phi) is 2.64. The zero-order valence-corrected chi connectivity index (χ0v) is 10.3. The van der Waals surface area contributed by atoms with Gasteiger partial charge in [-0.1, -0.05) is 24.3 Å². The molecule has 3 rings (SSSR count). The van der Waals surface area contributed by atoms with Gasteiger partial charge in [0.15, 0.2) is 11.6 Å². The number of ketones is 2. The van der Waals surface area contributed by atoms with Gasteiger partial charge in [0, 0.05) is 17.2 Å². The molecule has 0 spiro atoms. The van der Waals surface area contributed by atoms with E-state index in [1.165, 1.54) is 24.3 Å². The smallest absolute Gasteiger partial charge is 0.197 e. The van der Waals surface area contributed by atoms with Crippen molar-refractivity contribution in [3.63, 3.8) is 0 Å². The Labute approximate surface area is 114 Å². The summed E-state index contributed by atoms with van der Waals surface area (Å²) in [6.45, 7) is 0. The molecular weight excluding hydrogens is 256 g/mol. The van der Waals surface area contributed by atoms with Gasteiger partial charge in [-0.2, -0.15) is 0 Å². The quantitative estimate of drug-likeness (QED) is 0.614. The fourth-order valence-electron chi connectivity index (χ4n) is 2.27. The van der Waals surface area contributed by atoms with E-state index in [0.29, 0.717) is 16.7 Å². The number of phenolic OH excluding ortho intramolecular Hbond substituents is 2. The Morgan fingerprint density at radius 2 is 1.30 bits per heavy atom. The molecular formula is C16H10O4. The summed E-state index contributed by atoms with van der Waals surface area (Å²) in [4.78, 5) is 24.3. The molecule has 0 aromatic heterocycles. The number of rotatable bonds is 1. The Bertz CT molecular complexity index is 715. The molecule has 4 heteroatoms. The minimum Gasteiger partial charge on any atom is -0.508 e. The van der Waals surface area contributed by atoms with Gasteiger partial charge in [0.25, 0.3) is 0 Å². The highest BCUT2D eigenvalue weighted by Crippen LogP contribution is 2.29. The van der Waals surface area contributed by atoms with Crippen molar-refractivity contribution in [2.75, 3.05) is 0 Å². The van der Waals surface area contributed by atoms with Gasteiger partial charge in [-0.25, -0.2) is 0 Å². The molecule has 0 heterocycles. The predicted molar refractivity (Wildman–Crippen MR) is 72.9 cm³/mol. The summed E-state index contributed by atoms with van der Waals surface area (Å²) in [6, 6.07) is 10.5. The van der Waals surface area contributed by atoms with Crippen molar-refractivity contribution in [3.8, 4) is 11.5 Å². The zero-order valence-electron chi connectivity index (χ0n) is 10.3. The Balaban J connectivity index is 2.10. The zero-order chi connectivity index (χ0) is 14.3. The molecule has 20 heavy (non-hydrogen) atoms. The maximum absolute atomic E-state index is 12.2. The Morgan fingerprint density at radius 1 is 0.800 bits per heavy atom. The first-order chi connectivity index (χ1) is 9.56. The third-order valence-electron chi connectivity index (χ3n) is 3.14. The molecule has 1 aliphatic rings. The molecule has 0 aliphatic heterocycles. The maximum atomic E-state index is 12.2. The summed E-state index contributed by atoms with van der Waals surface area (Å²) in [7, 11) is 0. The lowest BCUT2D eigenvalue weighted by Crippen LogP contribution is -2.00. The summed E-state index contributed by atoms with van der Waals surface area (Å²) in [6.07, 6.45) is 1.38. The van der Waals surface area contributed by atoms with Crippen LogP contribution in [0.5, 0.6) is 11.5 Å². The number of hydrogen-bond acceptors (Lipinski definition) is 4. The number of allylic oxidation sites excluding steroid dienone is 1. The maximum Gasteiger partial charge on any atom is 0.197 e. The molecule has 2 aromatic rings. The van der Waals surface area contributed by atoms with Crippen LogP contribution in [0.2, 0.25) is 0 Å². The van der Waals surface area contributed by atoms with E-state index in [9.17, 15) is 19.8 Å². The molecule has 0 amide bonds. The molecule has 2 N–H and O–H groups in total. The van der Waals surface area contributed by atoms with E-state index in [4.69, 9.17) is 0 Å². The lowest BCUT2D eigenvalue weighted by Gasteiger charge is -1.99. The second kappa shape index (κ2) is 4.35. The van der Waals surface area contributed by atoms with Crippen LogP contribution in [0.15, 0.2) is 48.0 Å². The molecule has 0 fully saturated rings. The number of carbonyl (C=O) groups excluding carboxylic acids is 2. The molecule has 1 aliphatic carbocycles. The van der Waals surface area contributed by atoms with Crippen LogP contribution in [0.3, 0.4) is 0 Å². The van der Waals surface area contributed by atoms with Crippen LogP contribution in [-0.4, -0.2) is 21.8 Å². The van der Waals surface area contributed by atoms with Gasteiger partial charge in [-0.05, 0) is 23.8 Å². The second-order valence-electron chi connectivity index (χ2n) is 4.54. The number of phenols is 2. The van der Waals surface area contributed by atoms with Gasteiger partial charge in [0.05, 0.1) is 5.57 Å². The molecule has 0 radical (unpaired) electrons. The van der Waals surface area contributed by atoms with Crippen molar-refractivity contribution in [2.45, 2.75) is 0 Å². The third-order valence-corrected chi connectivity index (χ3v) is 3.14. The standard InChI is InChI=1S/C16H10O4/c17-10-5-9(6-11(18)8-10)7-14-15(19)12-3-1-2-4-13(12)16(14)20/h1-8,17-18H. The van der Waals surface area contributed by atoms with Gasteiger partial charge >= 0.3 is 0 Å². The van der Waals surface area contributed by atoms with Gasteiger partial charge in [-0.3, -0.25) is 9.59 Å². The average Bonchev–Trinajstić information content (AvgIpc) is 2.64. The summed E-state index contributed by atoms with van der Waals surface area (Å²) < 4.78 is 0. The van der Waals surface area contributed by atoms with Crippen molar-refractivity contribution in [3.05, 3.63) is 64.7 Å². The molecule has 4 nitrogen and oxygen atoms in total. The number of benzene rings is 2. The fourth-order valence-corrected chi connectivity index (χ4v) is 2.27. The number of Topliss-reactive ketones (excluding diaryl/α,β-unsaturated/α-hetero) is 2. The van der Waals surface area contributed by atoms with E-state index in [0.717, 1.165) is 0 Å². The predicted octanol–water partition coefficient (Wildman–Crippen LogP) is 2.56. The van der Waals surface area contributed by atoms with Gasteiger partial charge < -0.3 is 10.2 Å². The van der Waals surface area contributed by atoms with E-state index >= 15 is 0 Å². The van der Waals surface area contributed by atoms with Crippen LogP contribution in [0.25, 0.3) is 6.08 Å². The van der Waals surface area contributed by atoms with Gasteiger partial charge in [0.1, 0.15) is 11.5 Å². The van der Waals surface area contributed by atoms with Gasteiger partial charge in [-0.15, -0.1) is 0 Å². The first-order valence-electron chi connectivity index (χ1n) is 5.99. The Morgan fingerprint density at radius 3 is 1.80 bits per heavy atom. The lowest BCUT2D eigenvalue weighted by molar-refractivity contribution is 0.0990. The number of carbonyl (C=O) groups is 2. The molecule has 98 valence electrons. The van der Waals surface area contributed by atoms with E-state index in [2.05, 4.69) is 0 Å². The summed E-state index contributed by atoms with van der Waals surface area (Å²) >= 11 is 0. The van der Waals surface area contributed by atoms with Crippen molar-refractivity contribution in [1.29, 1.82) is 0 Å². The number of fused-ring (bicyclic) bond motifs is 1. The summed E-state index contributed by atoms with van der Waals surface area (Å²) in [5.41, 5.74) is 1.20. The van der Waals surface area contributed by atoms with Gasteiger partial charge in [0.2, 0.25) is 0 Å². The second-order valence-corrected chi connectivity index (χ2v) is 4.54. The first kappa shape index (κ1) is 12.2. The number of hydrogen-bond donors (Lipinski definition) is 2. The average molecular weight is 266 g/mol. The molecule has 0 atom stereocenters. The summed E-state index contributed by atoms with van der Waals surface area (Å²) in [5.74, 6) is -0.943. The highest BCUT2D eigenvalue weighted by molar-refractivity contribution is 6.41. The van der Waals surface area contributed by atoms with E-state index in [-0.39, 0.29) is 28.6 Å². The SMILES string of the molecule is O=C1C(=Cc2cc(O)cc(O)c2)C(=O)c2ccccc21. The molecule has 0 saturated carbocycles. The minimum absolute atomic E-state index is 0.0381. The van der Waals surface area contributed by atoms with Crippen LogP contribution >= 0.6 is 0 Å². The highest BCUT2D eigenvalue weighted by Gasteiger charge is 2.32. The van der Waals surface area contributed by atoms with Crippen molar-refractivity contribution >= 4 is 17.6 Å². The third kappa shape index (κ3) is 1.87. The van der Waals surface area contributed by atoms with Crippen LogP contribution in [-0.2, 0) is 0 Å². The van der Waals surface area contributed by atoms with Crippen molar-refractivity contribution in [1.82, 2.24) is 0 Å². The van der Waals surface area contributed by atoms with Crippen LogP contribution in [0.4, 0.5) is 0 Å². The molecule has 0 bridgehead atoms. The highest BCUT2D eigenvalue weighted by atomic mass is 16.3. The topological polar surface area (TPSA) is 74.6 Å². The van der Waals surface area contributed by atoms with Crippen molar-refractivity contribution < 1.29 is 19.8 Å². The Hall–Kier alpha value is -2.88. The van der Waals surface area contributed by atoms with Crippen LogP contribution < -0.4 is 0 Å². The number of aromatic hydroxyl groups is 2. The summed E-state index contributed by atoms with van der Waals surface area (Å²) in [5, 5.41) is 18.8. The molecule has 0 saturated heterocycles. The first-order valence-corrected chi connectivity index (χ1v) is 5.99. The molecule has 2 aromatic carbocycles. The lowest BCUT2D eigenvalue weighted by atomic mass is 10.1. The molecule has 0 unspecified atom stereocenters. The van der Waals surface area contributed by atoms with E-state index in [1.807, 2.05) is 0 Å². The minimum atomic E-state index is -0.339. The fraction of sp³-hybridized carbons (Fsp3) is 0. The van der Waals surface area contributed by atoms with Crippen molar-refractivity contribution in [2.24, 2.45) is 0 Å². The van der Waals surface area contributed by atoms with E-state index < -0.39 is 0 Å². The van der Waals surface area contributed by atoms with Crippen LogP contribution in [0.1, 0.15) is 26.3 Å². The monoisotopic (exact) mass is 266 g/mol. The largest absolute Gasteiger partial charge is 0.508 e. The normalized spacial score (nSPS) is 13.5.